The summed E-state index contributed by atoms with van der Waals surface area (Å²) >= 11 is 5.45. The highest BCUT2D eigenvalue weighted by Gasteiger charge is 2.27. The zero-order chi connectivity index (χ0) is 16.3. The Morgan fingerprint density at radius 3 is 2.14 bits per heavy atom. The Kier molecular flexibility index (Phi) is 5.12. The first-order valence-electron chi connectivity index (χ1n) is 7.54. The van der Waals surface area contributed by atoms with E-state index < -0.39 is 10.8 Å². The Balaban J connectivity index is 1.91. The second kappa shape index (κ2) is 6.69. The van der Waals surface area contributed by atoms with Gasteiger partial charge in [0.25, 0.3) is 5.24 Å². The molecule has 1 fully saturated rings. The van der Waals surface area contributed by atoms with E-state index in [0.717, 1.165) is 12.8 Å². The van der Waals surface area contributed by atoms with Crippen LogP contribution in [0, 0.1) is 0 Å². The molecule has 0 radical (unpaired) electrons. The van der Waals surface area contributed by atoms with E-state index in [1.807, 2.05) is 32.9 Å². The summed E-state index contributed by atoms with van der Waals surface area (Å²) in [5, 5.41) is -0.439. The fourth-order valence-corrected chi connectivity index (χ4v) is 2.73. The van der Waals surface area contributed by atoms with Crippen molar-refractivity contribution in [3.8, 4) is 0 Å². The van der Waals surface area contributed by atoms with Crippen LogP contribution in [0.25, 0.3) is 0 Å². The predicted octanol–water partition coefficient (Wildman–Crippen LogP) is 4.18. The number of likely N-dealkylation sites (tertiary alicyclic amines) is 1. The van der Waals surface area contributed by atoms with Gasteiger partial charge in [0.1, 0.15) is 5.60 Å². The minimum atomic E-state index is -0.460. The smallest absolute Gasteiger partial charge is 0.410 e. The SMILES string of the molecule is CC(C)(C)OC(=O)N1CCC(c2ccc(C(=O)Cl)cc2)CC1. The molecule has 1 aliphatic heterocycles. The summed E-state index contributed by atoms with van der Waals surface area (Å²) in [4.78, 5) is 24.9. The van der Waals surface area contributed by atoms with E-state index in [1.165, 1.54) is 5.56 Å². The zero-order valence-corrected chi connectivity index (χ0v) is 14.0. The van der Waals surface area contributed by atoms with Gasteiger partial charge in [-0.15, -0.1) is 0 Å². The molecule has 22 heavy (non-hydrogen) atoms. The van der Waals surface area contributed by atoms with Gasteiger partial charge in [-0.1, -0.05) is 12.1 Å². The first-order chi connectivity index (χ1) is 10.3. The lowest BCUT2D eigenvalue weighted by Gasteiger charge is -2.33. The largest absolute Gasteiger partial charge is 0.444 e. The first kappa shape index (κ1) is 16.8. The molecule has 0 N–H and O–H groups in total. The highest BCUT2D eigenvalue weighted by atomic mass is 35.5. The van der Waals surface area contributed by atoms with Crippen LogP contribution in [0.1, 0.15) is 55.5 Å². The van der Waals surface area contributed by atoms with Gasteiger partial charge in [0.2, 0.25) is 0 Å². The molecule has 120 valence electrons. The lowest BCUT2D eigenvalue weighted by atomic mass is 9.89. The molecule has 1 heterocycles. The number of carbonyl (C=O) groups is 2. The zero-order valence-electron chi connectivity index (χ0n) is 13.3. The number of hydrogen-bond acceptors (Lipinski definition) is 3. The molecule has 1 aromatic carbocycles. The van der Waals surface area contributed by atoms with E-state index in [-0.39, 0.29) is 6.09 Å². The van der Waals surface area contributed by atoms with Gasteiger partial charge in [-0.25, -0.2) is 4.79 Å². The average molecular weight is 324 g/mol. The highest BCUT2D eigenvalue weighted by Crippen LogP contribution is 2.29. The number of carbonyl (C=O) groups excluding carboxylic acids is 2. The second-order valence-corrected chi connectivity index (χ2v) is 6.98. The topological polar surface area (TPSA) is 46.6 Å². The monoisotopic (exact) mass is 323 g/mol. The quantitative estimate of drug-likeness (QED) is 0.767. The second-order valence-electron chi connectivity index (χ2n) is 6.64. The number of ether oxygens (including phenoxy) is 1. The van der Waals surface area contributed by atoms with E-state index in [9.17, 15) is 9.59 Å². The molecule has 1 aromatic rings. The maximum absolute atomic E-state index is 12.0. The Hall–Kier alpha value is -1.55. The summed E-state index contributed by atoms with van der Waals surface area (Å²) in [5.41, 5.74) is 1.24. The normalized spacial score (nSPS) is 16.5. The Morgan fingerprint density at radius 1 is 1.14 bits per heavy atom. The van der Waals surface area contributed by atoms with Gasteiger partial charge in [-0.2, -0.15) is 0 Å². The molecule has 1 aliphatic rings. The third kappa shape index (κ3) is 4.47. The van der Waals surface area contributed by atoms with Crippen molar-refractivity contribution in [1.29, 1.82) is 0 Å². The molecule has 0 aromatic heterocycles. The molecule has 0 spiro atoms. The van der Waals surface area contributed by atoms with Crippen LogP contribution in [0.15, 0.2) is 24.3 Å². The molecule has 1 amide bonds. The third-order valence-corrected chi connectivity index (χ3v) is 3.97. The molecule has 0 saturated carbocycles. The minimum absolute atomic E-state index is 0.242. The number of amides is 1. The van der Waals surface area contributed by atoms with Crippen LogP contribution in [-0.2, 0) is 4.74 Å². The molecule has 5 heteroatoms. The van der Waals surface area contributed by atoms with Crippen LogP contribution in [0.4, 0.5) is 4.79 Å². The van der Waals surface area contributed by atoms with Crippen molar-refractivity contribution in [3.05, 3.63) is 35.4 Å². The Labute approximate surface area is 136 Å². The highest BCUT2D eigenvalue weighted by molar-refractivity contribution is 6.67. The number of halogens is 1. The summed E-state index contributed by atoms with van der Waals surface area (Å²) in [7, 11) is 0. The number of rotatable bonds is 2. The van der Waals surface area contributed by atoms with Crippen molar-refractivity contribution in [3.63, 3.8) is 0 Å². The van der Waals surface area contributed by atoms with E-state index in [0.29, 0.717) is 24.6 Å². The molecule has 0 bridgehead atoms. The van der Waals surface area contributed by atoms with Gasteiger partial charge in [-0.3, -0.25) is 4.79 Å². The van der Waals surface area contributed by atoms with E-state index in [4.69, 9.17) is 16.3 Å². The van der Waals surface area contributed by atoms with E-state index >= 15 is 0 Å². The summed E-state index contributed by atoms with van der Waals surface area (Å²) in [6, 6.07) is 7.41. The molecular formula is C17H22ClNO3. The van der Waals surface area contributed by atoms with Crippen LogP contribution >= 0.6 is 11.6 Å². The molecule has 0 aliphatic carbocycles. The summed E-state index contributed by atoms with van der Waals surface area (Å²) < 4.78 is 5.40. The average Bonchev–Trinajstić information content (AvgIpc) is 2.46. The van der Waals surface area contributed by atoms with E-state index in [2.05, 4.69) is 0 Å². The summed E-state index contributed by atoms with van der Waals surface area (Å²) in [5.74, 6) is 0.401. The van der Waals surface area contributed by atoms with Gasteiger partial charge < -0.3 is 9.64 Å². The molecule has 1 saturated heterocycles. The van der Waals surface area contributed by atoms with Crippen LogP contribution in [0.3, 0.4) is 0 Å². The van der Waals surface area contributed by atoms with Crippen molar-refractivity contribution in [2.24, 2.45) is 0 Å². The molecule has 0 atom stereocenters. The maximum Gasteiger partial charge on any atom is 0.410 e. The van der Waals surface area contributed by atoms with Crippen molar-refractivity contribution in [2.75, 3.05) is 13.1 Å². The number of nitrogens with zero attached hydrogens (tertiary/aromatic N) is 1. The standard InChI is InChI=1S/C17H22ClNO3/c1-17(2,3)22-16(21)19-10-8-13(9-11-19)12-4-6-14(7-5-12)15(18)20/h4-7,13H,8-11H2,1-3H3. The van der Waals surface area contributed by atoms with Gasteiger partial charge in [0, 0.05) is 18.7 Å². The van der Waals surface area contributed by atoms with Crippen LogP contribution < -0.4 is 0 Å². The van der Waals surface area contributed by atoms with Crippen molar-refractivity contribution >= 4 is 22.9 Å². The lowest BCUT2D eigenvalue weighted by Crippen LogP contribution is -2.41. The van der Waals surface area contributed by atoms with Crippen molar-refractivity contribution in [2.45, 2.75) is 45.1 Å². The third-order valence-electron chi connectivity index (χ3n) is 3.76. The fourth-order valence-electron chi connectivity index (χ4n) is 2.61. The van der Waals surface area contributed by atoms with Crippen molar-refractivity contribution < 1.29 is 14.3 Å². The molecular weight excluding hydrogens is 302 g/mol. The van der Waals surface area contributed by atoms with Gasteiger partial charge in [0.15, 0.2) is 0 Å². The van der Waals surface area contributed by atoms with Gasteiger partial charge in [-0.05, 0) is 68.8 Å². The fraction of sp³-hybridized carbons (Fsp3) is 0.529. The predicted molar refractivity (Wildman–Crippen MR) is 86.4 cm³/mol. The number of benzene rings is 1. The van der Waals surface area contributed by atoms with Gasteiger partial charge in [0.05, 0.1) is 0 Å². The molecule has 0 unspecified atom stereocenters. The first-order valence-corrected chi connectivity index (χ1v) is 7.92. The van der Waals surface area contributed by atoms with E-state index in [1.54, 1.807) is 17.0 Å². The van der Waals surface area contributed by atoms with Crippen LogP contribution in [0.5, 0.6) is 0 Å². The molecule has 4 nitrogen and oxygen atoms in total. The Bertz CT molecular complexity index is 540. The molecule has 2 rings (SSSR count). The number of piperidine rings is 1. The summed E-state index contributed by atoms with van der Waals surface area (Å²) in [6.07, 6.45) is 1.55. The van der Waals surface area contributed by atoms with Crippen LogP contribution in [0.2, 0.25) is 0 Å². The minimum Gasteiger partial charge on any atom is -0.444 e. The van der Waals surface area contributed by atoms with Gasteiger partial charge >= 0.3 is 6.09 Å². The Morgan fingerprint density at radius 2 is 1.68 bits per heavy atom. The summed E-state index contributed by atoms with van der Waals surface area (Å²) in [6.45, 7) is 7.00. The van der Waals surface area contributed by atoms with Crippen molar-refractivity contribution in [1.82, 2.24) is 4.90 Å². The maximum atomic E-state index is 12.0. The van der Waals surface area contributed by atoms with Crippen LogP contribution in [-0.4, -0.2) is 34.9 Å². The number of hydrogen-bond donors (Lipinski definition) is 0. The lowest BCUT2D eigenvalue weighted by molar-refractivity contribution is 0.0204.